The Kier molecular flexibility index (Phi) is 5.35. The molecular weight excluding hydrogens is 347 g/mol. The maximum absolute atomic E-state index is 13.0. The van der Waals surface area contributed by atoms with Crippen molar-refractivity contribution in [2.45, 2.75) is 32.9 Å². The Morgan fingerprint density at radius 2 is 1.59 bits per heavy atom. The number of carbonyl (C=O) groups excluding carboxylic acids is 3. The molecule has 0 saturated carbocycles. The molecule has 1 aliphatic heterocycles. The first-order chi connectivity index (χ1) is 12.9. The monoisotopic (exact) mass is 368 g/mol. The highest BCUT2D eigenvalue weighted by Crippen LogP contribution is 2.28. The summed E-state index contributed by atoms with van der Waals surface area (Å²) < 4.78 is 13.0. The summed E-state index contributed by atoms with van der Waals surface area (Å²) in [5.74, 6) is -1.85. The van der Waals surface area contributed by atoms with Crippen molar-refractivity contribution in [2.24, 2.45) is 5.92 Å². The summed E-state index contributed by atoms with van der Waals surface area (Å²) in [4.78, 5) is 39.5. The molecule has 5 nitrogen and oxygen atoms in total. The number of imide groups is 1. The van der Waals surface area contributed by atoms with Crippen LogP contribution in [0.2, 0.25) is 0 Å². The van der Waals surface area contributed by atoms with Crippen LogP contribution in [0, 0.1) is 11.7 Å². The van der Waals surface area contributed by atoms with E-state index in [-0.39, 0.29) is 18.3 Å². The standard InChI is InChI=1S/C21H21FN2O3/c1-3-13(2)18(19(25)23-12-14-8-10-15(22)11-9-14)24-20(26)16-6-4-5-7-17(16)21(24)27/h4-11,13,18H,3,12H2,1-2H3,(H,23,25). The van der Waals surface area contributed by atoms with Crippen LogP contribution in [0.25, 0.3) is 0 Å². The molecule has 2 aromatic rings. The van der Waals surface area contributed by atoms with Gasteiger partial charge >= 0.3 is 0 Å². The van der Waals surface area contributed by atoms with Crippen molar-refractivity contribution in [2.75, 3.05) is 0 Å². The molecule has 1 heterocycles. The molecule has 2 aromatic carbocycles. The van der Waals surface area contributed by atoms with Gasteiger partial charge in [-0.3, -0.25) is 19.3 Å². The summed E-state index contributed by atoms with van der Waals surface area (Å²) in [6.45, 7) is 3.93. The summed E-state index contributed by atoms with van der Waals surface area (Å²) in [7, 11) is 0. The van der Waals surface area contributed by atoms with E-state index in [2.05, 4.69) is 5.32 Å². The number of halogens is 1. The number of rotatable bonds is 6. The third-order valence-corrected chi connectivity index (χ3v) is 4.94. The Bertz CT molecular complexity index is 844. The van der Waals surface area contributed by atoms with Crippen molar-refractivity contribution in [1.82, 2.24) is 10.2 Å². The van der Waals surface area contributed by atoms with Gasteiger partial charge in [0.25, 0.3) is 11.8 Å². The van der Waals surface area contributed by atoms with Gasteiger partial charge in [0.05, 0.1) is 11.1 Å². The predicted molar refractivity (Wildman–Crippen MR) is 98.4 cm³/mol. The highest BCUT2D eigenvalue weighted by Gasteiger charge is 2.44. The second-order valence-corrected chi connectivity index (χ2v) is 6.70. The second kappa shape index (κ2) is 7.70. The zero-order chi connectivity index (χ0) is 19.6. The van der Waals surface area contributed by atoms with Crippen LogP contribution in [0.4, 0.5) is 4.39 Å². The molecule has 2 unspecified atom stereocenters. The molecule has 3 rings (SSSR count). The maximum Gasteiger partial charge on any atom is 0.262 e. The van der Waals surface area contributed by atoms with Gasteiger partial charge in [0.15, 0.2) is 0 Å². The minimum Gasteiger partial charge on any atom is -0.350 e. The van der Waals surface area contributed by atoms with Crippen LogP contribution >= 0.6 is 0 Å². The summed E-state index contributed by atoms with van der Waals surface area (Å²) in [5, 5.41) is 2.77. The molecule has 140 valence electrons. The lowest BCUT2D eigenvalue weighted by Crippen LogP contribution is -2.52. The SMILES string of the molecule is CCC(C)C(C(=O)NCc1ccc(F)cc1)N1C(=O)c2ccccc2C1=O. The smallest absolute Gasteiger partial charge is 0.262 e. The zero-order valence-corrected chi connectivity index (χ0v) is 15.2. The first-order valence-corrected chi connectivity index (χ1v) is 8.93. The lowest BCUT2D eigenvalue weighted by atomic mass is 9.96. The van der Waals surface area contributed by atoms with Gasteiger partial charge in [0, 0.05) is 6.54 Å². The molecule has 1 N–H and O–H groups in total. The van der Waals surface area contributed by atoms with Gasteiger partial charge in [-0.15, -0.1) is 0 Å². The first-order valence-electron chi connectivity index (χ1n) is 8.93. The molecule has 27 heavy (non-hydrogen) atoms. The van der Waals surface area contributed by atoms with E-state index in [0.717, 1.165) is 10.5 Å². The van der Waals surface area contributed by atoms with Crippen LogP contribution < -0.4 is 5.32 Å². The van der Waals surface area contributed by atoms with Crippen molar-refractivity contribution in [3.8, 4) is 0 Å². The Labute approximate surface area is 157 Å². The molecule has 6 heteroatoms. The van der Waals surface area contributed by atoms with Crippen LogP contribution in [0.15, 0.2) is 48.5 Å². The van der Waals surface area contributed by atoms with E-state index >= 15 is 0 Å². The molecule has 0 spiro atoms. The third-order valence-electron chi connectivity index (χ3n) is 4.94. The molecule has 0 aromatic heterocycles. The second-order valence-electron chi connectivity index (χ2n) is 6.70. The van der Waals surface area contributed by atoms with E-state index in [0.29, 0.717) is 17.5 Å². The van der Waals surface area contributed by atoms with Crippen LogP contribution in [0.3, 0.4) is 0 Å². The van der Waals surface area contributed by atoms with E-state index in [1.165, 1.54) is 12.1 Å². The molecule has 3 amide bonds. The molecule has 0 fully saturated rings. The Morgan fingerprint density at radius 3 is 2.11 bits per heavy atom. The topological polar surface area (TPSA) is 66.5 Å². The van der Waals surface area contributed by atoms with E-state index in [1.807, 2.05) is 13.8 Å². The van der Waals surface area contributed by atoms with Gasteiger partial charge in [0.1, 0.15) is 11.9 Å². The van der Waals surface area contributed by atoms with Crippen molar-refractivity contribution < 1.29 is 18.8 Å². The minimum atomic E-state index is -0.900. The summed E-state index contributed by atoms with van der Waals surface area (Å²) >= 11 is 0. The van der Waals surface area contributed by atoms with Gasteiger partial charge in [-0.2, -0.15) is 0 Å². The van der Waals surface area contributed by atoms with Crippen LogP contribution in [0.1, 0.15) is 46.5 Å². The van der Waals surface area contributed by atoms with Crippen molar-refractivity contribution in [1.29, 1.82) is 0 Å². The van der Waals surface area contributed by atoms with Gasteiger partial charge in [0.2, 0.25) is 5.91 Å². The Hall–Kier alpha value is -3.02. The van der Waals surface area contributed by atoms with E-state index in [9.17, 15) is 18.8 Å². The number of nitrogens with one attached hydrogen (secondary N) is 1. The first kappa shape index (κ1) is 18.8. The lowest BCUT2D eigenvalue weighted by molar-refractivity contribution is -0.126. The Morgan fingerprint density at radius 1 is 1.04 bits per heavy atom. The highest BCUT2D eigenvalue weighted by molar-refractivity contribution is 6.22. The number of hydrogen-bond acceptors (Lipinski definition) is 3. The summed E-state index contributed by atoms with van der Waals surface area (Å²) in [5.41, 5.74) is 1.37. The van der Waals surface area contributed by atoms with Crippen LogP contribution in [-0.2, 0) is 11.3 Å². The zero-order valence-electron chi connectivity index (χ0n) is 15.2. The van der Waals surface area contributed by atoms with Crippen LogP contribution in [-0.4, -0.2) is 28.7 Å². The van der Waals surface area contributed by atoms with Gasteiger partial charge in [-0.1, -0.05) is 44.5 Å². The molecule has 0 bridgehead atoms. The predicted octanol–water partition coefficient (Wildman–Crippen LogP) is 3.15. The van der Waals surface area contributed by atoms with Crippen molar-refractivity contribution in [3.63, 3.8) is 0 Å². The maximum atomic E-state index is 13.0. The largest absolute Gasteiger partial charge is 0.350 e. The van der Waals surface area contributed by atoms with E-state index in [1.54, 1.807) is 36.4 Å². The van der Waals surface area contributed by atoms with Crippen molar-refractivity contribution in [3.05, 3.63) is 71.0 Å². The average Bonchev–Trinajstić information content (AvgIpc) is 2.93. The number of carbonyl (C=O) groups is 3. The number of nitrogens with zero attached hydrogens (tertiary/aromatic N) is 1. The Balaban J connectivity index is 1.82. The number of fused-ring (bicyclic) bond motifs is 1. The normalized spacial score (nSPS) is 15.4. The van der Waals surface area contributed by atoms with E-state index < -0.39 is 23.8 Å². The van der Waals surface area contributed by atoms with Crippen LogP contribution in [0.5, 0.6) is 0 Å². The third kappa shape index (κ3) is 3.60. The van der Waals surface area contributed by atoms with Gasteiger partial charge in [-0.05, 0) is 35.7 Å². The highest BCUT2D eigenvalue weighted by atomic mass is 19.1. The minimum absolute atomic E-state index is 0.190. The fraction of sp³-hybridized carbons (Fsp3) is 0.286. The summed E-state index contributed by atoms with van der Waals surface area (Å²) in [6, 6.07) is 11.5. The van der Waals surface area contributed by atoms with Crippen molar-refractivity contribution >= 4 is 17.7 Å². The van der Waals surface area contributed by atoms with Gasteiger partial charge < -0.3 is 5.32 Å². The number of benzene rings is 2. The number of amides is 3. The molecular formula is C21H21FN2O3. The quantitative estimate of drug-likeness (QED) is 0.797. The molecule has 0 radical (unpaired) electrons. The summed E-state index contributed by atoms with van der Waals surface area (Å²) in [6.07, 6.45) is 0.627. The molecule has 0 saturated heterocycles. The van der Waals surface area contributed by atoms with Gasteiger partial charge in [-0.25, -0.2) is 4.39 Å². The lowest BCUT2D eigenvalue weighted by Gasteiger charge is -2.29. The average molecular weight is 368 g/mol. The molecule has 1 aliphatic rings. The molecule has 2 atom stereocenters. The molecule has 0 aliphatic carbocycles. The van der Waals surface area contributed by atoms with E-state index in [4.69, 9.17) is 0 Å². The fourth-order valence-corrected chi connectivity index (χ4v) is 3.21. The number of hydrogen-bond donors (Lipinski definition) is 1. The fourth-order valence-electron chi connectivity index (χ4n) is 3.21.